The van der Waals surface area contributed by atoms with Crippen molar-refractivity contribution in [3.8, 4) is 0 Å². The molecule has 112 valence electrons. The molecule has 1 heterocycles. The fourth-order valence-electron chi connectivity index (χ4n) is 3.28. The highest BCUT2D eigenvalue weighted by Crippen LogP contribution is 2.34. The zero-order chi connectivity index (χ0) is 14.8. The van der Waals surface area contributed by atoms with Gasteiger partial charge in [0.1, 0.15) is 11.6 Å². The van der Waals surface area contributed by atoms with Crippen LogP contribution < -0.4 is 5.32 Å². The first kappa shape index (κ1) is 15.4. The van der Waals surface area contributed by atoms with E-state index < -0.39 is 11.6 Å². The Labute approximate surface area is 120 Å². The molecule has 20 heavy (non-hydrogen) atoms. The number of hydrogen-bond acceptors (Lipinski definition) is 2. The summed E-state index contributed by atoms with van der Waals surface area (Å²) in [4.78, 5) is 2.40. The normalized spacial score (nSPS) is 19.1. The Hall–Kier alpha value is -1.00. The molecule has 1 aromatic rings. The molecule has 0 radical (unpaired) electrons. The molecular weight excluding hydrogens is 258 g/mol. The van der Waals surface area contributed by atoms with E-state index in [2.05, 4.69) is 24.1 Å². The van der Waals surface area contributed by atoms with Crippen molar-refractivity contribution in [3.05, 3.63) is 35.4 Å². The monoisotopic (exact) mass is 282 g/mol. The van der Waals surface area contributed by atoms with Crippen LogP contribution in [-0.2, 0) is 0 Å². The van der Waals surface area contributed by atoms with Crippen molar-refractivity contribution in [2.24, 2.45) is 0 Å². The van der Waals surface area contributed by atoms with Gasteiger partial charge in [0.2, 0.25) is 0 Å². The largest absolute Gasteiger partial charge is 0.311 e. The molecule has 1 aliphatic rings. The van der Waals surface area contributed by atoms with Crippen molar-refractivity contribution in [1.82, 2.24) is 10.2 Å². The summed E-state index contributed by atoms with van der Waals surface area (Å²) in [5, 5.41) is 3.21. The smallest absolute Gasteiger partial charge is 0.130 e. The van der Waals surface area contributed by atoms with Gasteiger partial charge >= 0.3 is 0 Å². The molecule has 0 saturated carbocycles. The maximum absolute atomic E-state index is 14.1. The van der Waals surface area contributed by atoms with Crippen LogP contribution in [0, 0.1) is 11.6 Å². The molecule has 1 aromatic carbocycles. The molecule has 2 rings (SSSR count). The summed E-state index contributed by atoms with van der Waals surface area (Å²) in [6.45, 7) is 6.33. The van der Waals surface area contributed by atoms with Crippen molar-refractivity contribution in [2.75, 3.05) is 20.1 Å². The third-order valence-electron chi connectivity index (χ3n) is 4.44. The van der Waals surface area contributed by atoms with E-state index >= 15 is 0 Å². The van der Waals surface area contributed by atoms with Crippen molar-refractivity contribution in [1.29, 1.82) is 0 Å². The number of nitrogens with one attached hydrogen (secondary N) is 1. The summed E-state index contributed by atoms with van der Waals surface area (Å²) in [6.07, 6.45) is 3.64. The zero-order valence-corrected chi connectivity index (χ0v) is 12.5. The lowest BCUT2D eigenvalue weighted by Crippen LogP contribution is -2.54. The van der Waals surface area contributed by atoms with Crippen LogP contribution in [-0.4, -0.2) is 30.6 Å². The van der Waals surface area contributed by atoms with Gasteiger partial charge in [0.25, 0.3) is 0 Å². The Morgan fingerprint density at radius 1 is 1.15 bits per heavy atom. The summed E-state index contributed by atoms with van der Waals surface area (Å²) in [7, 11) is 1.83. The highest BCUT2D eigenvalue weighted by Gasteiger charge is 2.37. The highest BCUT2D eigenvalue weighted by atomic mass is 19.1. The van der Waals surface area contributed by atoms with E-state index in [-0.39, 0.29) is 11.6 Å². The molecule has 1 fully saturated rings. The summed E-state index contributed by atoms with van der Waals surface area (Å²) >= 11 is 0. The number of likely N-dealkylation sites (N-methyl/N-ethyl adjacent to an activating group) is 1. The molecule has 4 heteroatoms. The van der Waals surface area contributed by atoms with Crippen LogP contribution >= 0.6 is 0 Å². The molecule has 2 nitrogen and oxygen atoms in total. The van der Waals surface area contributed by atoms with E-state index in [9.17, 15) is 8.78 Å². The minimum atomic E-state index is -0.531. The van der Waals surface area contributed by atoms with Gasteiger partial charge in [0.15, 0.2) is 0 Å². The number of benzene rings is 1. The van der Waals surface area contributed by atoms with Crippen LogP contribution in [0.15, 0.2) is 18.2 Å². The predicted octanol–water partition coefficient (Wildman–Crippen LogP) is 3.49. The fraction of sp³-hybridized carbons (Fsp3) is 0.625. The van der Waals surface area contributed by atoms with Crippen LogP contribution in [0.25, 0.3) is 0 Å². The van der Waals surface area contributed by atoms with Gasteiger partial charge in [-0.2, -0.15) is 0 Å². The quantitative estimate of drug-likeness (QED) is 0.909. The van der Waals surface area contributed by atoms with E-state index in [1.807, 2.05) is 7.05 Å². The van der Waals surface area contributed by atoms with Crippen LogP contribution in [0.1, 0.15) is 44.7 Å². The first-order valence-electron chi connectivity index (χ1n) is 7.34. The van der Waals surface area contributed by atoms with Gasteiger partial charge in [-0.25, -0.2) is 8.78 Å². The summed E-state index contributed by atoms with van der Waals surface area (Å²) in [6, 6.07) is 3.68. The second-order valence-electron chi connectivity index (χ2n) is 6.09. The van der Waals surface area contributed by atoms with Gasteiger partial charge in [0.05, 0.1) is 6.04 Å². The summed E-state index contributed by atoms with van der Waals surface area (Å²) in [5.41, 5.74) is 0.317. The molecule has 0 aliphatic carbocycles. The Kier molecular flexibility index (Phi) is 4.76. The first-order valence-corrected chi connectivity index (χ1v) is 7.34. The summed E-state index contributed by atoms with van der Waals surface area (Å²) < 4.78 is 27.2. The Morgan fingerprint density at radius 2 is 1.80 bits per heavy atom. The molecular formula is C16H24F2N2. The molecule has 0 spiro atoms. The molecule has 1 atom stereocenters. The van der Waals surface area contributed by atoms with Crippen molar-refractivity contribution in [3.63, 3.8) is 0 Å². The van der Waals surface area contributed by atoms with Crippen molar-refractivity contribution in [2.45, 2.75) is 44.7 Å². The number of nitrogens with zero attached hydrogens (tertiary/aromatic N) is 1. The fourth-order valence-corrected chi connectivity index (χ4v) is 3.28. The average Bonchev–Trinajstić information content (AvgIpc) is 2.43. The van der Waals surface area contributed by atoms with Crippen molar-refractivity contribution >= 4 is 0 Å². The molecule has 0 amide bonds. The highest BCUT2D eigenvalue weighted by molar-refractivity contribution is 5.25. The van der Waals surface area contributed by atoms with Crippen LogP contribution in [0.4, 0.5) is 8.78 Å². The van der Waals surface area contributed by atoms with E-state index in [0.29, 0.717) is 5.56 Å². The van der Waals surface area contributed by atoms with Crippen LogP contribution in [0.5, 0.6) is 0 Å². The third kappa shape index (κ3) is 3.01. The topological polar surface area (TPSA) is 15.3 Å². The second-order valence-corrected chi connectivity index (χ2v) is 6.09. The van der Waals surface area contributed by atoms with E-state index in [0.717, 1.165) is 19.2 Å². The maximum Gasteiger partial charge on any atom is 0.130 e. The second kappa shape index (κ2) is 6.19. The molecule has 0 bridgehead atoms. The lowest BCUT2D eigenvalue weighted by molar-refractivity contribution is 0.0621. The average molecular weight is 282 g/mol. The minimum Gasteiger partial charge on any atom is -0.311 e. The number of rotatable bonds is 4. The summed E-state index contributed by atoms with van der Waals surface area (Å²) in [5.74, 6) is -1.01. The Bertz CT molecular complexity index is 454. The molecule has 0 aromatic heterocycles. The van der Waals surface area contributed by atoms with Crippen LogP contribution in [0.2, 0.25) is 0 Å². The van der Waals surface area contributed by atoms with Crippen LogP contribution in [0.3, 0.4) is 0 Å². The van der Waals surface area contributed by atoms with E-state index in [4.69, 9.17) is 0 Å². The number of hydrogen-bond donors (Lipinski definition) is 1. The Morgan fingerprint density at radius 3 is 2.35 bits per heavy atom. The van der Waals surface area contributed by atoms with E-state index in [1.165, 1.54) is 25.3 Å². The lowest BCUT2D eigenvalue weighted by atomic mass is 9.85. The van der Waals surface area contributed by atoms with Gasteiger partial charge in [-0.3, -0.25) is 4.90 Å². The number of likely N-dealkylation sites (tertiary alicyclic amines) is 1. The lowest BCUT2D eigenvalue weighted by Gasteiger charge is -2.46. The van der Waals surface area contributed by atoms with Gasteiger partial charge in [0, 0.05) is 17.2 Å². The Balaban J connectivity index is 2.29. The molecule has 1 saturated heterocycles. The SMILES string of the molecule is CNC(c1ccc(F)cc1F)C(C)(C)N1CCCCC1. The number of halogens is 2. The van der Waals surface area contributed by atoms with E-state index in [1.54, 1.807) is 6.07 Å². The van der Waals surface area contributed by atoms with Gasteiger partial charge in [-0.15, -0.1) is 0 Å². The molecule has 1 aliphatic heterocycles. The van der Waals surface area contributed by atoms with Gasteiger partial charge < -0.3 is 5.32 Å². The first-order chi connectivity index (χ1) is 9.46. The third-order valence-corrected chi connectivity index (χ3v) is 4.44. The maximum atomic E-state index is 14.1. The predicted molar refractivity (Wildman–Crippen MR) is 77.7 cm³/mol. The zero-order valence-electron chi connectivity index (χ0n) is 12.5. The molecule has 1 N–H and O–H groups in total. The minimum absolute atomic E-state index is 0.166. The van der Waals surface area contributed by atoms with Gasteiger partial charge in [-0.05, 0) is 52.9 Å². The standard InChI is InChI=1S/C16H24F2N2/c1-16(2,20-9-5-4-6-10-20)15(19-3)13-8-7-12(17)11-14(13)18/h7-8,11,15,19H,4-6,9-10H2,1-3H3. The number of piperidine rings is 1. The van der Waals surface area contributed by atoms with Crippen molar-refractivity contribution < 1.29 is 8.78 Å². The van der Waals surface area contributed by atoms with Gasteiger partial charge in [-0.1, -0.05) is 12.5 Å². The molecule has 1 unspecified atom stereocenters.